The summed E-state index contributed by atoms with van der Waals surface area (Å²) in [7, 11) is 0. The Labute approximate surface area is 113 Å². The molecule has 0 unspecified atom stereocenters. The maximum absolute atomic E-state index is 9.26. The van der Waals surface area contributed by atoms with E-state index in [1.54, 1.807) is 0 Å². The molecule has 0 aromatic carbocycles. The standard InChI is InChI=1S/C16H31NO/c1-5-10-17(13(2)3)12-16-8-6-15(7-9-16)11-14(4)18/h13,15-16,18H,4-12H2,1-3H3. The van der Waals surface area contributed by atoms with Gasteiger partial charge >= 0.3 is 0 Å². The summed E-state index contributed by atoms with van der Waals surface area (Å²) in [4.78, 5) is 2.62. The quantitative estimate of drug-likeness (QED) is 0.681. The lowest BCUT2D eigenvalue weighted by atomic mass is 9.80. The van der Waals surface area contributed by atoms with Gasteiger partial charge in [0.1, 0.15) is 0 Å². The van der Waals surface area contributed by atoms with Gasteiger partial charge in [-0.3, -0.25) is 0 Å². The minimum atomic E-state index is 0.369. The zero-order valence-electron chi connectivity index (χ0n) is 12.5. The summed E-state index contributed by atoms with van der Waals surface area (Å²) in [5, 5.41) is 9.26. The molecule has 1 aliphatic rings. The Morgan fingerprint density at radius 1 is 1.22 bits per heavy atom. The second-order valence-electron chi connectivity index (χ2n) is 6.25. The summed E-state index contributed by atoms with van der Waals surface area (Å²) in [6, 6.07) is 0.667. The van der Waals surface area contributed by atoms with Crippen LogP contribution in [0.2, 0.25) is 0 Å². The third-order valence-electron chi connectivity index (χ3n) is 4.22. The van der Waals surface area contributed by atoms with Crippen LogP contribution < -0.4 is 0 Å². The first kappa shape index (κ1) is 15.6. The van der Waals surface area contributed by atoms with Gasteiger partial charge in [0.15, 0.2) is 0 Å². The predicted octanol–water partition coefficient (Wildman–Crippen LogP) is 4.38. The lowest BCUT2D eigenvalue weighted by Crippen LogP contribution is -2.37. The Hall–Kier alpha value is -0.500. The van der Waals surface area contributed by atoms with Crippen molar-refractivity contribution in [2.75, 3.05) is 13.1 Å². The first-order valence-corrected chi connectivity index (χ1v) is 7.63. The molecule has 0 spiro atoms. The van der Waals surface area contributed by atoms with E-state index >= 15 is 0 Å². The number of aliphatic hydroxyl groups excluding tert-OH is 1. The first-order valence-electron chi connectivity index (χ1n) is 7.63. The fraction of sp³-hybridized carbons (Fsp3) is 0.875. The number of allylic oxidation sites excluding steroid dienone is 1. The summed E-state index contributed by atoms with van der Waals surface area (Å²) < 4.78 is 0. The van der Waals surface area contributed by atoms with Crippen LogP contribution in [-0.4, -0.2) is 29.1 Å². The van der Waals surface area contributed by atoms with Gasteiger partial charge in [-0.25, -0.2) is 0 Å². The van der Waals surface area contributed by atoms with Gasteiger partial charge in [0.2, 0.25) is 0 Å². The van der Waals surface area contributed by atoms with Gasteiger partial charge in [-0.2, -0.15) is 0 Å². The van der Waals surface area contributed by atoms with Gasteiger partial charge in [0, 0.05) is 19.0 Å². The molecule has 1 saturated carbocycles. The van der Waals surface area contributed by atoms with Crippen LogP contribution in [0, 0.1) is 11.8 Å². The van der Waals surface area contributed by atoms with Crippen molar-refractivity contribution in [1.82, 2.24) is 4.90 Å². The number of nitrogens with zero attached hydrogens (tertiary/aromatic N) is 1. The Kier molecular flexibility index (Phi) is 6.77. The van der Waals surface area contributed by atoms with Crippen LogP contribution >= 0.6 is 0 Å². The van der Waals surface area contributed by atoms with Gasteiger partial charge < -0.3 is 10.0 Å². The molecule has 0 aliphatic heterocycles. The molecular formula is C16H31NO. The van der Waals surface area contributed by atoms with E-state index in [9.17, 15) is 5.11 Å². The highest BCUT2D eigenvalue weighted by atomic mass is 16.3. The minimum absolute atomic E-state index is 0.369. The smallest absolute Gasteiger partial charge is 0.0853 e. The van der Waals surface area contributed by atoms with Crippen molar-refractivity contribution in [2.45, 2.75) is 65.3 Å². The monoisotopic (exact) mass is 253 g/mol. The topological polar surface area (TPSA) is 23.5 Å². The highest BCUT2D eigenvalue weighted by Gasteiger charge is 2.23. The van der Waals surface area contributed by atoms with Crippen molar-refractivity contribution in [3.8, 4) is 0 Å². The molecule has 106 valence electrons. The van der Waals surface area contributed by atoms with Crippen LogP contribution in [0.5, 0.6) is 0 Å². The number of rotatable bonds is 7. The van der Waals surface area contributed by atoms with E-state index in [2.05, 4.69) is 32.3 Å². The molecule has 0 heterocycles. The molecule has 1 fully saturated rings. The van der Waals surface area contributed by atoms with Crippen molar-refractivity contribution in [3.05, 3.63) is 12.3 Å². The summed E-state index contributed by atoms with van der Waals surface area (Å²) in [6.45, 7) is 13.0. The first-order chi connectivity index (χ1) is 8.52. The molecule has 1 N–H and O–H groups in total. The molecule has 0 radical (unpaired) electrons. The van der Waals surface area contributed by atoms with Crippen molar-refractivity contribution >= 4 is 0 Å². The van der Waals surface area contributed by atoms with E-state index in [0.717, 1.165) is 12.3 Å². The average Bonchev–Trinajstić information content (AvgIpc) is 2.30. The van der Waals surface area contributed by atoms with Gasteiger partial charge in [-0.05, 0) is 64.3 Å². The Balaban J connectivity index is 2.31. The summed E-state index contributed by atoms with van der Waals surface area (Å²) in [6.07, 6.45) is 7.24. The van der Waals surface area contributed by atoms with Gasteiger partial charge in [0.05, 0.1) is 5.76 Å². The van der Waals surface area contributed by atoms with Crippen LogP contribution in [0.15, 0.2) is 12.3 Å². The minimum Gasteiger partial charge on any atom is -0.513 e. The molecule has 1 aliphatic carbocycles. The second-order valence-corrected chi connectivity index (χ2v) is 6.25. The van der Waals surface area contributed by atoms with Crippen LogP contribution in [0.1, 0.15) is 59.3 Å². The molecule has 2 nitrogen and oxygen atoms in total. The molecule has 0 saturated heterocycles. The summed E-state index contributed by atoms with van der Waals surface area (Å²) in [5.41, 5.74) is 0. The Morgan fingerprint density at radius 3 is 2.22 bits per heavy atom. The molecule has 1 rings (SSSR count). The van der Waals surface area contributed by atoms with Crippen molar-refractivity contribution in [2.24, 2.45) is 11.8 Å². The molecule has 0 bridgehead atoms. The Morgan fingerprint density at radius 2 is 1.78 bits per heavy atom. The predicted molar refractivity (Wildman–Crippen MR) is 78.8 cm³/mol. The second kappa shape index (κ2) is 7.83. The maximum Gasteiger partial charge on any atom is 0.0853 e. The number of hydrogen-bond acceptors (Lipinski definition) is 2. The normalized spacial score (nSPS) is 24.7. The number of hydrogen-bond donors (Lipinski definition) is 1. The SMILES string of the molecule is C=C(O)CC1CCC(CN(CCC)C(C)C)CC1. The van der Waals surface area contributed by atoms with Crippen molar-refractivity contribution < 1.29 is 5.11 Å². The highest BCUT2D eigenvalue weighted by Crippen LogP contribution is 2.32. The molecule has 0 aromatic rings. The van der Waals surface area contributed by atoms with E-state index in [1.807, 2.05) is 0 Å². The van der Waals surface area contributed by atoms with Gasteiger partial charge in [-0.1, -0.05) is 13.5 Å². The van der Waals surface area contributed by atoms with Crippen LogP contribution in [0.3, 0.4) is 0 Å². The van der Waals surface area contributed by atoms with Gasteiger partial charge in [-0.15, -0.1) is 0 Å². The largest absolute Gasteiger partial charge is 0.513 e. The van der Waals surface area contributed by atoms with E-state index in [1.165, 1.54) is 45.2 Å². The van der Waals surface area contributed by atoms with Crippen molar-refractivity contribution in [1.29, 1.82) is 0 Å². The Bertz CT molecular complexity index is 241. The third kappa shape index (κ3) is 5.43. The molecule has 18 heavy (non-hydrogen) atoms. The van der Waals surface area contributed by atoms with E-state index in [-0.39, 0.29) is 0 Å². The number of aliphatic hydroxyl groups is 1. The highest BCUT2D eigenvalue weighted by molar-refractivity contribution is 4.85. The average molecular weight is 253 g/mol. The van der Waals surface area contributed by atoms with Crippen LogP contribution in [-0.2, 0) is 0 Å². The lowest BCUT2D eigenvalue weighted by molar-refractivity contribution is 0.149. The van der Waals surface area contributed by atoms with Gasteiger partial charge in [0.25, 0.3) is 0 Å². The summed E-state index contributed by atoms with van der Waals surface area (Å²) >= 11 is 0. The van der Waals surface area contributed by atoms with E-state index in [0.29, 0.717) is 17.7 Å². The van der Waals surface area contributed by atoms with Crippen LogP contribution in [0.4, 0.5) is 0 Å². The zero-order chi connectivity index (χ0) is 13.5. The summed E-state index contributed by atoms with van der Waals surface area (Å²) in [5.74, 6) is 1.91. The maximum atomic E-state index is 9.26. The molecular weight excluding hydrogens is 222 g/mol. The third-order valence-corrected chi connectivity index (χ3v) is 4.22. The van der Waals surface area contributed by atoms with Crippen molar-refractivity contribution in [3.63, 3.8) is 0 Å². The molecule has 0 amide bonds. The lowest BCUT2D eigenvalue weighted by Gasteiger charge is -2.34. The van der Waals surface area contributed by atoms with E-state index < -0.39 is 0 Å². The fourth-order valence-corrected chi connectivity index (χ4v) is 3.13. The molecule has 0 aromatic heterocycles. The molecule has 0 atom stereocenters. The van der Waals surface area contributed by atoms with Crippen LogP contribution in [0.25, 0.3) is 0 Å². The fourth-order valence-electron chi connectivity index (χ4n) is 3.13. The zero-order valence-corrected chi connectivity index (χ0v) is 12.5. The van der Waals surface area contributed by atoms with E-state index in [4.69, 9.17) is 0 Å². The molecule has 2 heteroatoms.